The SMILES string of the molecule is COc1ccc(OCCCC(=O)NNC(=O)C(=O)NCc2ccco2)cc1. The monoisotopic (exact) mass is 375 g/mol. The van der Waals surface area contributed by atoms with Gasteiger partial charge in [-0.2, -0.15) is 0 Å². The third-order valence-electron chi connectivity index (χ3n) is 3.40. The standard InChI is InChI=1S/C18H21N3O6/c1-25-13-6-8-14(9-7-13)26-11-3-5-16(22)20-21-18(24)17(23)19-12-15-4-2-10-27-15/h2,4,6-10H,3,5,11-12H2,1H3,(H,19,23)(H,20,22)(H,21,24). The molecule has 0 saturated carbocycles. The van der Waals surface area contributed by atoms with Crippen molar-refractivity contribution in [3.8, 4) is 11.5 Å². The first-order valence-electron chi connectivity index (χ1n) is 8.24. The quantitative estimate of drug-likeness (QED) is 0.358. The summed E-state index contributed by atoms with van der Waals surface area (Å²) in [5.41, 5.74) is 4.22. The van der Waals surface area contributed by atoms with Crippen LogP contribution in [-0.4, -0.2) is 31.4 Å². The molecule has 1 heterocycles. The van der Waals surface area contributed by atoms with Crippen molar-refractivity contribution < 1.29 is 28.3 Å². The number of amides is 3. The van der Waals surface area contributed by atoms with Crippen LogP contribution in [-0.2, 0) is 20.9 Å². The summed E-state index contributed by atoms with van der Waals surface area (Å²) < 4.78 is 15.6. The Labute approximate surface area is 156 Å². The van der Waals surface area contributed by atoms with Crippen molar-refractivity contribution >= 4 is 17.7 Å². The summed E-state index contributed by atoms with van der Waals surface area (Å²) in [6, 6.07) is 10.4. The minimum absolute atomic E-state index is 0.0793. The number of benzene rings is 1. The summed E-state index contributed by atoms with van der Waals surface area (Å²) in [5.74, 6) is -0.375. The average molecular weight is 375 g/mol. The molecule has 9 nitrogen and oxygen atoms in total. The van der Waals surface area contributed by atoms with Crippen molar-refractivity contribution in [2.45, 2.75) is 19.4 Å². The van der Waals surface area contributed by atoms with Crippen molar-refractivity contribution in [2.75, 3.05) is 13.7 Å². The van der Waals surface area contributed by atoms with E-state index in [1.54, 1.807) is 43.5 Å². The molecule has 9 heteroatoms. The summed E-state index contributed by atoms with van der Waals surface area (Å²) in [5, 5.41) is 2.36. The zero-order valence-corrected chi connectivity index (χ0v) is 14.8. The van der Waals surface area contributed by atoms with Crippen molar-refractivity contribution in [1.82, 2.24) is 16.2 Å². The van der Waals surface area contributed by atoms with Crippen molar-refractivity contribution in [2.24, 2.45) is 0 Å². The Morgan fingerprint density at radius 2 is 1.74 bits per heavy atom. The van der Waals surface area contributed by atoms with Crippen LogP contribution in [0.5, 0.6) is 11.5 Å². The van der Waals surface area contributed by atoms with E-state index in [0.717, 1.165) is 5.75 Å². The van der Waals surface area contributed by atoms with Gasteiger partial charge in [0, 0.05) is 6.42 Å². The summed E-state index contributed by atoms with van der Waals surface area (Å²) in [4.78, 5) is 34.8. The van der Waals surface area contributed by atoms with E-state index >= 15 is 0 Å². The fraction of sp³-hybridized carbons (Fsp3) is 0.278. The molecule has 2 rings (SSSR count). The number of rotatable bonds is 8. The summed E-state index contributed by atoms with van der Waals surface area (Å²) >= 11 is 0. The Morgan fingerprint density at radius 1 is 1.00 bits per heavy atom. The van der Waals surface area contributed by atoms with Gasteiger partial charge >= 0.3 is 11.8 Å². The number of hydrazine groups is 1. The lowest BCUT2D eigenvalue weighted by atomic mass is 10.3. The third kappa shape index (κ3) is 7.10. The number of methoxy groups -OCH3 is 1. The van der Waals surface area contributed by atoms with Gasteiger partial charge in [0.2, 0.25) is 5.91 Å². The Morgan fingerprint density at radius 3 is 2.41 bits per heavy atom. The molecular formula is C18H21N3O6. The lowest BCUT2D eigenvalue weighted by molar-refractivity contribution is -0.141. The zero-order chi connectivity index (χ0) is 19.5. The molecule has 144 valence electrons. The zero-order valence-electron chi connectivity index (χ0n) is 14.8. The van der Waals surface area contributed by atoms with Crippen LogP contribution < -0.4 is 25.6 Å². The van der Waals surface area contributed by atoms with E-state index in [0.29, 0.717) is 24.5 Å². The van der Waals surface area contributed by atoms with Crippen LogP contribution in [0.15, 0.2) is 47.1 Å². The van der Waals surface area contributed by atoms with Gasteiger partial charge in [-0.1, -0.05) is 0 Å². The molecule has 0 aliphatic rings. The molecule has 27 heavy (non-hydrogen) atoms. The predicted octanol–water partition coefficient (Wildman–Crippen LogP) is 0.911. The minimum Gasteiger partial charge on any atom is -0.497 e. The third-order valence-corrected chi connectivity index (χ3v) is 3.40. The molecule has 3 amide bonds. The van der Waals surface area contributed by atoms with E-state index in [1.165, 1.54) is 6.26 Å². The Balaban J connectivity index is 1.56. The van der Waals surface area contributed by atoms with Gasteiger partial charge in [-0.05, 0) is 42.8 Å². The highest BCUT2D eigenvalue weighted by Crippen LogP contribution is 2.17. The molecule has 0 fully saturated rings. The van der Waals surface area contributed by atoms with Crippen LogP contribution in [0.2, 0.25) is 0 Å². The van der Waals surface area contributed by atoms with Crippen molar-refractivity contribution in [1.29, 1.82) is 0 Å². The molecule has 2 aromatic rings. The first kappa shape index (κ1) is 19.8. The second-order valence-corrected chi connectivity index (χ2v) is 5.39. The largest absolute Gasteiger partial charge is 0.497 e. The molecule has 0 atom stereocenters. The van der Waals surface area contributed by atoms with Gasteiger partial charge in [0.15, 0.2) is 0 Å². The Kier molecular flexibility index (Phi) is 7.70. The lowest BCUT2D eigenvalue weighted by Gasteiger charge is -2.08. The molecule has 0 bridgehead atoms. The second kappa shape index (κ2) is 10.5. The molecule has 0 aliphatic carbocycles. The van der Waals surface area contributed by atoms with E-state index < -0.39 is 17.7 Å². The van der Waals surface area contributed by atoms with Gasteiger partial charge in [-0.3, -0.25) is 25.2 Å². The second-order valence-electron chi connectivity index (χ2n) is 5.39. The molecule has 1 aromatic heterocycles. The maximum Gasteiger partial charge on any atom is 0.327 e. The first-order chi connectivity index (χ1) is 13.1. The van der Waals surface area contributed by atoms with E-state index in [9.17, 15) is 14.4 Å². The normalized spacial score (nSPS) is 9.96. The summed E-state index contributed by atoms with van der Waals surface area (Å²) in [7, 11) is 1.58. The lowest BCUT2D eigenvalue weighted by Crippen LogP contribution is -2.48. The number of hydrogen-bond acceptors (Lipinski definition) is 6. The molecule has 0 aliphatic heterocycles. The van der Waals surface area contributed by atoms with Crippen LogP contribution in [0.3, 0.4) is 0 Å². The number of carbonyl (C=O) groups excluding carboxylic acids is 3. The van der Waals surface area contributed by atoms with Crippen LogP contribution in [0.25, 0.3) is 0 Å². The molecular weight excluding hydrogens is 354 g/mol. The smallest absolute Gasteiger partial charge is 0.327 e. The maximum atomic E-state index is 11.7. The highest BCUT2D eigenvalue weighted by Gasteiger charge is 2.14. The number of furan rings is 1. The highest BCUT2D eigenvalue weighted by atomic mass is 16.5. The van der Waals surface area contributed by atoms with Gasteiger partial charge in [-0.15, -0.1) is 0 Å². The van der Waals surface area contributed by atoms with Crippen LogP contribution in [0, 0.1) is 0 Å². The van der Waals surface area contributed by atoms with Gasteiger partial charge in [0.25, 0.3) is 0 Å². The molecule has 0 spiro atoms. The van der Waals surface area contributed by atoms with Gasteiger partial charge < -0.3 is 19.2 Å². The predicted molar refractivity (Wildman–Crippen MR) is 94.6 cm³/mol. The topological polar surface area (TPSA) is 119 Å². The number of hydrogen-bond donors (Lipinski definition) is 3. The minimum atomic E-state index is -0.968. The van der Waals surface area contributed by atoms with Crippen LogP contribution in [0.4, 0.5) is 0 Å². The Hall–Kier alpha value is -3.49. The maximum absolute atomic E-state index is 11.7. The van der Waals surface area contributed by atoms with Crippen molar-refractivity contribution in [3.63, 3.8) is 0 Å². The van der Waals surface area contributed by atoms with Gasteiger partial charge in [0.05, 0.1) is 26.5 Å². The van der Waals surface area contributed by atoms with Gasteiger partial charge in [-0.25, -0.2) is 0 Å². The van der Waals surface area contributed by atoms with Gasteiger partial charge in [0.1, 0.15) is 17.3 Å². The molecule has 3 N–H and O–H groups in total. The first-order valence-corrected chi connectivity index (χ1v) is 8.24. The number of nitrogens with one attached hydrogen (secondary N) is 3. The van der Waals surface area contributed by atoms with Crippen LogP contribution in [0.1, 0.15) is 18.6 Å². The Bertz CT molecular complexity index is 743. The molecule has 0 unspecified atom stereocenters. The number of ether oxygens (including phenoxy) is 2. The van der Waals surface area contributed by atoms with E-state index in [2.05, 4.69) is 10.7 Å². The average Bonchev–Trinajstić information content (AvgIpc) is 3.21. The van der Waals surface area contributed by atoms with Crippen molar-refractivity contribution in [3.05, 3.63) is 48.4 Å². The highest BCUT2D eigenvalue weighted by molar-refractivity contribution is 6.35. The van der Waals surface area contributed by atoms with E-state index in [1.807, 2.05) is 5.43 Å². The fourth-order valence-corrected chi connectivity index (χ4v) is 2.00. The van der Waals surface area contributed by atoms with E-state index in [4.69, 9.17) is 13.9 Å². The summed E-state index contributed by atoms with van der Waals surface area (Å²) in [6.45, 7) is 0.410. The number of carbonyl (C=O) groups is 3. The fourth-order valence-electron chi connectivity index (χ4n) is 2.00. The molecule has 1 aromatic carbocycles. The van der Waals surface area contributed by atoms with E-state index in [-0.39, 0.29) is 13.0 Å². The summed E-state index contributed by atoms with van der Waals surface area (Å²) in [6.07, 6.45) is 2.03. The van der Waals surface area contributed by atoms with Crippen LogP contribution >= 0.6 is 0 Å². The molecule has 0 saturated heterocycles. The molecule has 0 radical (unpaired) electrons.